The molecule has 1 heterocycles. The summed E-state index contributed by atoms with van der Waals surface area (Å²) in [4.78, 5) is 14.9. The molecule has 2 aromatic carbocycles. The highest BCUT2D eigenvalue weighted by Gasteiger charge is 2.38. The number of aliphatic hydroxyl groups excluding tert-OH is 1. The van der Waals surface area contributed by atoms with Gasteiger partial charge >= 0.3 is 0 Å². The Kier molecular flexibility index (Phi) is 3.51. The summed E-state index contributed by atoms with van der Waals surface area (Å²) < 4.78 is 0. The van der Waals surface area contributed by atoms with Gasteiger partial charge in [0.2, 0.25) is 0 Å². The minimum absolute atomic E-state index is 0.141. The minimum atomic E-state index is -0.907. The maximum Gasteiger partial charge on any atom is 0.261 e. The SMILES string of the molecule is CCSc1cccc2c1C(O)N(c1ccccc1)C2=O. The van der Waals surface area contributed by atoms with E-state index in [2.05, 4.69) is 6.92 Å². The van der Waals surface area contributed by atoms with Crippen molar-refractivity contribution in [3.05, 3.63) is 59.7 Å². The predicted octanol–water partition coefficient (Wildman–Crippen LogP) is 3.45. The van der Waals surface area contributed by atoms with Crippen LogP contribution in [0.1, 0.15) is 29.1 Å². The number of fused-ring (bicyclic) bond motifs is 1. The number of thioether (sulfide) groups is 1. The molecule has 3 nitrogen and oxygen atoms in total. The Bertz CT molecular complexity index is 642. The molecule has 1 N–H and O–H groups in total. The lowest BCUT2D eigenvalue weighted by Gasteiger charge is -2.21. The third-order valence-corrected chi connectivity index (χ3v) is 4.31. The normalized spacial score (nSPS) is 17.4. The van der Waals surface area contributed by atoms with Crippen molar-refractivity contribution in [1.29, 1.82) is 0 Å². The zero-order valence-corrected chi connectivity index (χ0v) is 11.9. The summed E-state index contributed by atoms with van der Waals surface area (Å²) in [6.07, 6.45) is -0.907. The molecule has 3 rings (SSSR count). The first-order valence-electron chi connectivity index (χ1n) is 6.56. The molecule has 20 heavy (non-hydrogen) atoms. The number of rotatable bonds is 3. The maximum atomic E-state index is 12.5. The van der Waals surface area contributed by atoms with Gasteiger partial charge in [-0.3, -0.25) is 9.69 Å². The van der Waals surface area contributed by atoms with Crippen molar-refractivity contribution in [3.63, 3.8) is 0 Å². The van der Waals surface area contributed by atoms with Gasteiger partial charge in [-0.1, -0.05) is 31.2 Å². The van der Waals surface area contributed by atoms with Crippen molar-refractivity contribution in [2.24, 2.45) is 0 Å². The van der Waals surface area contributed by atoms with E-state index in [1.807, 2.05) is 42.5 Å². The van der Waals surface area contributed by atoms with Gasteiger partial charge in [0.05, 0.1) is 0 Å². The van der Waals surface area contributed by atoms with Gasteiger partial charge in [0.1, 0.15) is 0 Å². The van der Waals surface area contributed by atoms with Gasteiger partial charge < -0.3 is 5.11 Å². The van der Waals surface area contributed by atoms with Crippen LogP contribution in [0.25, 0.3) is 0 Å². The lowest BCUT2D eigenvalue weighted by molar-refractivity contribution is 0.0934. The number of nitrogens with zero attached hydrogens (tertiary/aromatic N) is 1. The largest absolute Gasteiger partial charge is 0.369 e. The Morgan fingerprint density at radius 2 is 1.90 bits per heavy atom. The quantitative estimate of drug-likeness (QED) is 0.878. The molecule has 1 aliphatic rings. The van der Waals surface area contributed by atoms with Crippen molar-refractivity contribution in [3.8, 4) is 0 Å². The third-order valence-electron chi connectivity index (χ3n) is 3.35. The summed E-state index contributed by atoms with van der Waals surface area (Å²) in [5.41, 5.74) is 2.04. The van der Waals surface area contributed by atoms with E-state index in [9.17, 15) is 9.90 Å². The monoisotopic (exact) mass is 285 g/mol. The molecular weight excluding hydrogens is 270 g/mol. The molecule has 1 unspecified atom stereocenters. The van der Waals surface area contributed by atoms with Gasteiger partial charge in [-0.25, -0.2) is 0 Å². The predicted molar refractivity (Wildman–Crippen MR) is 81.1 cm³/mol. The van der Waals surface area contributed by atoms with Crippen molar-refractivity contribution in [2.75, 3.05) is 10.7 Å². The molecule has 0 aromatic heterocycles. The Morgan fingerprint density at radius 1 is 1.15 bits per heavy atom. The second kappa shape index (κ2) is 5.31. The summed E-state index contributed by atoms with van der Waals surface area (Å²) in [5.74, 6) is 0.764. The number of aliphatic hydroxyl groups is 1. The third kappa shape index (κ3) is 2.01. The maximum absolute atomic E-state index is 12.5. The summed E-state index contributed by atoms with van der Waals surface area (Å²) in [5, 5.41) is 10.6. The highest BCUT2D eigenvalue weighted by atomic mass is 32.2. The van der Waals surface area contributed by atoms with E-state index in [1.54, 1.807) is 17.8 Å². The van der Waals surface area contributed by atoms with Crippen LogP contribution in [0.15, 0.2) is 53.4 Å². The second-order valence-corrected chi connectivity index (χ2v) is 5.84. The summed E-state index contributed by atoms with van der Waals surface area (Å²) in [7, 11) is 0. The fraction of sp³-hybridized carbons (Fsp3) is 0.188. The molecule has 0 radical (unpaired) electrons. The van der Waals surface area contributed by atoms with E-state index in [1.165, 1.54) is 4.90 Å². The first-order valence-corrected chi connectivity index (χ1v) is 7.55. The summed E-state index contributed by atoms with van der Waals surface area (Å²) in [6.45, 7) is 2.06. The molecule has 102 valence electrons. The minimum Gasteiger partial charge on any atom is -0.369 e. The van der Waals surface area contributed by atoms with Crippen LogP contribution in [-0.2, 0) is 0 Å². The van der Waals surface area contributed by atoms with Crippen molar-refractivity contribution < 1.29 is 9.90 Å². The Hall–Kier alpha value is -1.78. The standard InChI is InChI=1S/C16H15NO2S/c1-2-20-13-10-6-9-12-14(13)16(19)17(15(12)18)11-7-4-3-5-8-11/h3-10,16,19H,2H2,1H3. The molecule has 0 spiro atoms. The van der Waals surface area contributed by atoms with Gasteiger partial charge in [0.25, 0.3) is 5.91 Å². The number of benzene rings is 2. The lowest BCUT2D eigenvalue weighted by atomic mass is 10.1. The van der Waals surface area contributed by atoms with Crippen LogP contribution < -0.4 is 4.90 Å². The molecule has 0 saturated carbocycles. The highest BCUT2D eigenvalue weighted by Crippen LogP contribution is 2.40. The van der Waals surface area contributed by atoms with E-state index in [4.69, 9.17) is 0 Å². The van der Waals surface area contributed by atoms with E-state index >= 15 is 0 Å². The number of para-hydroxylation sites is 1. The molecule has 0 fully saturated rings. The fourth-order valence-corrected chi connectivity index (χ4v) is 3.35. The van der Waals surface area contributed by atoms with E-state index < -0.39 is 6.23 Å². The average molecular weight is 285 g/mol. The average Bonchev–Trinajstić information content (AvgIpc) is 2.73. The van der Waals surface area contributed by atoms with E-state index in [0.717, 1.165) is 16.2 Å². The molecule has 1 atom stereocenters. The molecule has 1 amide bonds. The van der Waals surface area contributed by atoms with Crippen LogP contribution in [-0.4, -0.2) is 16.8 Å². The van der Waals surface area contributed by atoms with Crippen molar-refractivity contribution in [1.82, 2.24) is 0 Å². The van der Waals surface area contributed by atoms with E-state index in [0.29, 0.717) is 11.3 Å². The Labute approximate surface area is 122 Å². The number of carbonyl (C=O) groups is 1. The molecule has 2 aromatic rings. The number of amides is 1. The van der Waals surface area contributed by atoms with Crippen LogP contribution in [0.3, 0.4) is 0 Å². The van der Waals surface area contributed by atoms with Crippen LogP contribution in [0.4, 0.5) is 5.69 Å². The van der Waals surface area contributed by atoms with E-state index in [-0.39, 0.29) is 5.91 Å². The number of anilines is 1. The number of hydrogen-bond acceptors (Lipinski definition) is 3. The molecule has 4 heteroatoms. The van der Waals surface area contributed by atoms with Gasteiger partial charge in [-0.05, 0) is 30.0 Å². The van der Waals surface area contributed by atoms with Crippen molar-refractivity contribution in [2.45, 2.75) is 18.0 Å². The van der Waals surface area contributed by atoms with Crippen LogP contribution in [0.5, 0.6) is 0 Å². The Morgan fingerprint density at radius 3 is 2.60 bits per heavy atom. The van der Waals surface area contributed by atoms with Gasteiger partial charge in [0.15, 0.2) is 6.23 Å². The van der Waals surface area contributed by atoms with Crippen LogP contribution in [0, 0.1) is 0 Å². The first kappa shape index (κ1) is 13.2. The Balaban J connectivity index is 2.08. The molecule has 0 aliphatic carbocycles. The molecule has 0 bridgehead atoms. The number of hydrogen-bond donors (Lipinski definition) is 1. The van der Waals surface area contributed by atoms with Crippen LogP contribution >= 0.6 is 11.8 Å². The van der Waals surface area contributed by atoms with Gasteiger partial charge in [-0.15, -0.1) is 11.8 Å². The first-order chi connectivity index (χ1) is 9.74. The molecule has 0 saturated heterocycles. The zero-order chi connectivity index (χ0) is 14.1. The van der Waals surface area contributed by atoms with Crippen LogP contribution in [0.2, 0.25) is 0 Å². The lowest BCUT2D eigenvalue weighted by Crippen LogP contribution is -2.27. The highest BCUT2D eigenvalue weighted by molar-refractivity contribution is 7.99. The molecular formula is C16H15NO2S. The van der Waals surface area contributed by atoms with Crippen molar-refractivity contribution >= 4 is 23.4 Å². The topological polar surface area (TPSA) is 40.5 Å². The fourth-order valence-electron chi connectivity index (χ4n) is 2.50. The second-order valence-electron chi connectivity index (χ2n) is 4.53. The number of carbonyl (C=O) groups excluding carboxylic acids is 1. The van der Waals surface area contributed by atoms with Gasteiger partial charge in [0, 0.05) is 21.7 Å². The van der Waals surface area contributed by atoms with Gasteiger partial charge in [-0.2, -0.15) is 0 Å². The summed E-state index contributed by atoms with van der Waals surface area (Å²) >= 11 is 1.64. The molecule has 1 aliphatic heterocycles. The smallest absolute Gasteiger partial charge is 0.261 e. The summed E-state index contributed by atoms with van der Waals surface area (Å²) in [6, 6.07) is 14.9. The zero-order valence-electron chi connectivity index (χ0n) is 11.1.